The smallest absolute Gasteiger partial charge is 0.253 e. The minimum atomic E-state index is 0.0121. The van der Waals surface area contributed by atoms with Gasteiger partial charge in [-0.25, -0.2) is 0 Å². The lowest BCUT2D eigenvalue weighted by Crippen LogP contribution is -2.51. The van der Waals surface area contributed by atoms with Crippen LogP contribution < -0.4 is 4.74 Å². The van der Waals surface area contributed by atoms with Crippen LogP contribution in [0.4, 0.5) is 0 Å². The van der Waals surface area contributed by atoms with Crippen molar-refractivity contribution in [2.75, 3.05) is 32.8 Å². The number of piperazine rings is 1. The first-order chi connectivity index (χ1) is 15.7. The Bertz CT molecular complexity index is 871. The summed E-state index contributed by atoms with van der Waals surface area (Å²) in [5.74, 6) is 1.72. The molecule has 6 heteroatoms. The molecule has 1 aliphatic carbocycles. The van der Waals surface area contributed by atoms with Gasteiger partial charge in [-0.2, -0.15) is 0 Å². The van der Waals surface area contributed by atoms with Crippen molar-refractivity contribution in [2.24, 2.45) is 5.92 Å². The van der Waals surface area contributed by atoms with Crippen molar-refractivity contribution in [3.63, 3.8) is 0 Å². The maximum absolute atomic E-state index is 12.9. The van der Waals surface area contributed by atoms with Gasteiger partial charge in [0.1, 0.15) is 5.75 Å². The highest BCUT2D eigenvalue weighted by atomic mass is 16.5. The molecule has 2 fully saturated rings. The van der Waals surface area contributed by atoms with Gasteiger partial charge in [-0.3, -0.25) is 14.6 Å². The summed E-state index contributed by atoms with van der Waals surface area (Å²) in [6.07, 6.45) is 11.6. The van der Waals surface area contributed by atoms with Crippen LogP contribution in [-0.2, 0) is 11.2 Å². The first-order valence-corrected chi connectivity index (χ1v) is 11.9. The molecule has 1 saturated carbocycles. The van der Waals surface area contributed by atoms with Crippen molar-refractivity contribution < 1.29 is 14.3 Å². The molecule has 1 saturated heterocycles. The second kappa shape index (κ2) is 11.1. The Kier molecular flexibility index (Phi) is 7.75. The lowest BCUT2D eigenvalue weighted by atomic mass is 9.87. The minimum absolute atomic E-state index is 0.0121. The van der Waals surface area contributed by atoms with Crippen LogP contribution >= 0.6 is 0 Å². The fourth-order valence-corrected chi connectivity index (χ4v) is 4.64. The average molecular weight is 436 g/mol. The summed E-state index contributed by atoms with van der Waals surface area (Å²) < 4.78 is 5.90. The van der Waals surface area contributed by atoms with Gasteiger partial charge in [0.05, 0.1) is 13.0 Å². The van der Waals surface area contributed by atoms with Gasteiger partial charge >= 0.3 is 0 Å². The molecule has 2 aliphatic rings. The number of aromatic nitrogens is 1. The number of ether oxygens (including phenoxy) is 1. The van der Waals surface area contributed by atoms with E-state index in [1.165, 1.54) is 32.1 Å². The quantitative estimate of drug-likeness (QED) is 0.661. The zero-order chi connectivity index (χ0) is 22.2. The van der Waals surface area contributed by atoms with Gasteiger partial charge < -0.3 is 14.5 Å². The molecule has 0 atom stereocenters. The Morgan fingerprint density at radius 2 is 1.66 bits per heavy atom. The largest absolute Gasteiger partial charge is 0.494 e. The molecule has 0 radical (unpaired) electrons. The Hall–Kier alpha value is -2.89. The molecular formula is C26H33N3O3. The molecule has 1 aromatic heterocycles. The molecule has 2 heterocycles. The number of amides is 2. The number of pyridine rings is 1. The molecule has 1 aromatic carbocycles. The number of hydrogen-bond donors (Lipinski definition) is 0. The van der Waals surface area contributed by atoms with Crippen LogP contribution in [0.1, 0.15) is 54.4 Å². The molecule has 2 amide bonds. The Morgan fingerprint density at radius 1 is 0.938 bits per heavy atom. The van der Waals surface area contributed by atoms with Gasteiger partial charge in [-0.05, 0) is 48.2 Å². The van der Waals surface area contributed by atoms with Crippen molar-refractivity contribution in [1.29, 1.82) is 0 Å². The van der Waals surface area contributed by atoms with Crippen molar-refractivity contribution in [2.45, 2.75) is 44.9 Å². The highest BCUT2D eigenvalue weighted by Crippen LogP contribution is 2.26. The molecule has 0 spiro atoms. The Morgan fingerprint density at radius 3 is 2.34 bits per heavy atom. The van der Waals surface area contributed by atoms with E-state index in [9.17, 15) is 9.59 Å². The average Bonchev–Trinajstić information content (AvgIpc) is 2.85. The van der Waals surface area contributed by atoms with E-state index < -0.39 is 0 Å². The van der Waals surface area contributed by atoms with Crippen LogP contribution in [0.5, 0.6) is 5.75 Å². The lowest BCUT2D eigenvalue weighted by molar-refractivity contribution is -0.131. The first-order valence-electron chi connectivity index (χ1n) is 11.9. The number of rotatable bonds is 7. The molecule has 6 nitrogen and oxygen atoms in total. The van der Waals surface area contributed by atoms with Crippen molar-refractivity contribution >= 4 is 11.8 Å². The van der Waals surface area contributed by atoms with E-state index in [1.807, 2.05) is 46.2 Å². The van der Waals surface area contributed by atoms with Crippen LogP contribution in [0.15, 0.2) is 48.8 Å². The highest BCUT2D eigenvalue weighted by Gasteiger charge is 2.25. The topological polar surface area (TPSA) is 62.7 Å². The molecule has 170 valence electrons. The molecule has 4 rings (SSSR count). The molecule has 0 bridgehead atoms. The molecule has 1 aliphatic heterocycles. The normalized spacial score (nSPS) is 17.2. The van der Waals surface area contributed by atoms with Crippen LogP contribution in [-0.4, -0.2) is 59.4 Å². The van der Waals surface area contributed by atoms with Crippen LogP contribution in [0, 0.1) is 5.92 Å². The van der Waals surface area contributed by atoms with Gasteiger partial charge in [0.25, 0.3) is 5.91 Å². The SMILES string of the molecule is O=C(Cc1cccnc1)N1CCN(C(=O)c2ccc(OCCC3CCCCC3)cc2)CC1. The fraction of sp³-hybridized carbons (Fsp3) is 0.500. The highest BCUT2D eigenvalue weighted by molar-refractivity contribution is 5.94. The van der Waals surface area contributed by atoms with Gasteiger partial charge in [0.15, 0.2) is 0 Å². The van der Waals surface area contributed by atoms with Gasteiger partial charge in [0, 0.05) is 44.1 Å². The van der Waals surface area contributed by atoms with Crippen LogP contribution in [0.25, 0.3) is 0 Å². The van der Waals surface area contributed by atoms with E-state index in [-0.39, 0.29) is 11.8 Å². The van der Waals surface area contributed by atoms with Crippen molar-refractivity contribution in [3.05, 3.63) is 59.9 Å². The van der Waals surface area contributed by atoms with Crippen molar-refractivity contribution in [3.8, 4) is 5.75 Å². The zero-order valence-corrected chi connectivity index (χ0v) is 18.7. The predicted octanol–water partition coefficient (Wildman–Crippen LogP) is 3.96. The summed E-state index contributed by atoms with van der Waals surface area (Å²) in [4.78, 5) is 33.1. The standard InChI is InChI=1S/C26H33N3O3/c30-25(19-22-7-4-13-27-20-22)28-14-16-29(17-15-28)26(31)23-8-10-24(11-9-23)32-18-12-21-5-2-1-3-6-21/h4,7-11,13,20-21H,1-3,5-6,12,14-19H2. The summed E-state index contributed by atoms with van der Waals surface area (Å²) in [7, 11) is 0. The maximum Gasteiger partial charge on any atom is 0.253 e. The maximum atomic E-state index is 12.9. The molecule has 2 aromatic rings. The summed E-state index contributed by atoms with van der Waals surface area (Å²) in [6, 6.07) is 11.2. The Balaban J connectivity index is 1.21. The lowest BCUT2D eigenvalue weighted by Gasteiger charge is -2.35. The predicted molar refractivity (Wildman–Crippen MR) is 124 cm³/mol. The molecule has 32 heavy (non-hydrogen) atoms. The monoisotopic (exact) mass is 435 g/mol. The minimum Gasteiger partial charge on any atom is -0.494 e. The van der Waals surface area contributed by atoms with Crippen molar-refractivity contribution in [1.82, 2.24) is 14.8 Å². The third-order valence-electron chi connectivity index (χ3n) is 6.62. The van der Waals surface area contributed by atoms with E-state index in [4.69, 9.17) is 4.74 Å². The summed E-state index contributed by atoms with van der Waals surface area (Å²) in [6.45, 7) is 2.97. The van der Waals surface area contributed by atoms with Gasteiger partial charge in [0.2, 0.25) is 5.91 Å². The molecule has 0 N–H and O–H groups in total. The van der Waals surface area contributed by atoms with Crippen LogP contribution in [0.3, 0.4) is 0 Å². The van der Waals surface area contributed by atoms with Gasteiger partial charge in [-0.1, -0.05) is 38.2 Å². The number of carbonyl (C=O) groups is 2. The van der Waals surface area contributed by atoms with E-state index in [1.54, 1.807) is 12.4 Å². The third kappa shape index (κ3) is 6.09. The van der Waals surface area contributed by atoms with Crippen LogP contribution in [0.2, 0.25) is 0 Å². The summed E-state index contributed by atoms with van der Waals surface area (Å²) in [5.41, 5.74) is 1.58. The first kappa shape index (κ1) is 22.3. The molecular weight excluding hydrogens is 402 g/mol. The second-order valence-corrected chi connectivity index (χ2v) is 8.88. The number of nitrogens with zero attached hydrogens (tertiary/aromatic N) is 3. The zero-order valence-electron chi connectivity index (χ0n) is 18.7. The Labute approximate surface area is 190 Å². The fourth-order valence-electron chi connectivity index (χ4n) is 4.64. The van der Waals surface area contributed by atoms with E-state index in [0.717, 1.165) is 30.3 Å². The second-order valence-electron chi connectivity index (χ2n) is 8.88. The third-order valence-corrected chi connectivity index (χ3v) is 6.62. The number of carbonyl (C=O) groups excluding carboxylic acids is 2. The van der Waals surface area contributed by atoms with E-state index >= 15 is 0 Å². The molecule has 0 unspecified atom stereocenters. The van der Waals surface area contributed by atoms with E-state index in [2.05, 4.69) is 4.98 Å². The number of benzene rings is 1. The summed E-state index contributed by atoms with van der Waals surface area (Å²) in [5, 5.41) is 0. The van der Waals surface area contributed by atoms with Gasteiger partial charge in [-0.15, -0.1) is 0 Å². The number of hydrogen-bond acceptors (Lipinski definition) is 4. The van der Waals surface area contributed by atoms with E-state index in [0.29, 0.717) is 38.2 Å². The summed E-state index contributed by atoms with van der Waals surface area (Å²) >= 11 is 0.